The number of rotatable bonds is 10. The topological polar surface area (TPSA) is 12.5 Å². The molecular formula is C11H24ClNO. The van der Waals surface area contributed by atoms with Crippen LogP contribution < -0.4 is 0 Å². The van der Waals surface area contributed by atoms with E-state index in [0.29, 0.717) is 0 Å². The molecule has 0 aliphatic carbocycles. The van der Waals surface area contributed by atoms with Gasteiger partial charge in [-0.25, -0.2) is 0 Å². The molecule has 0 saturated carbocycles. The van der Waals surface area contributed by atoms with Gasteiger partial charge < -0.3 is 9.64 Å². The molecular weight excluding hydrogens is 198 g/mol. The molecule has 0 aromatic carbocycles. The molecule has 0 fully saturated rings. The summed E-state index contributed by atoms with van der Waals surface area (Å²) in [7, 11) is 0. The quantitative estimate of drug-likeness (QED) is 0.416. The molecule has 0 aliphatic rings. The van der Waals surface area contributed by atoms with Crippen molar-refractivity contribution in [3.05, 3.63) is 0 Å². The van der Waals surface area contributed by atoms with Crippen LogP contribution in [0, 0.1) is 0 Å². The molecule has 86 valence electrons. The molecule has 0 spiro atoms. The summed E-state index contributed by atoms with van der Waals surface area (Å²) in [6.07, 6.45) is 3.64. The van der Waals surface area contributed by atoms with Crippen molar-refractivity contribution in [2.45, 2.75) is 33.1 Å². The second-order valence-electron chi connectivity index (χ2n) is 3.43. The minimum absolute atomic E-state index is 0.734. The molecule has 0 aliphatic heterocycles. The maximum atomic E-state index is 5.74. The monoisotopic (exact) mass is 221 g/mol. The van der Waals surface area contributed by atoms with Crippen molar-refractivity contribution in [3.8, 4) is 0 Å². The van der Waals surface area contributed by atoms with Crippen molar-refractivity contribution in [2.24, 2.45) is 0 Å². The standard InChI is InChI=1S/C11H24ClNO/c1-3-5-8-13(10-7-12)9-6-11-14-4-2/h3-11H2,1-2H3. The molecule has 0 rings (SSSR count). The first-order valence-corrected chi connectivity index (χ1v) is 6.24. The van der Waals surface area contributed by atoms with Gasteiger partial charge in [-0.1, -0.05) is 13.3 Å². The van der Waals surface area contributed by atoms with Crippen LogP contribution in [0.2, 0.25) is 0 Å². The number of ether oxygens (including phenoxy) is 1. The Balaban J connectivity index is 3.40. The Labute approximate surface area is 93.6 Å². The van der Waals surface area contributed by atoms with Crippen molar-refractivity contribution < 1.29 is 4.74 Å². The third-order valence-corrected chi connectivity index (χ3v) is 2.36. The Morgan fingerprint density at radius 2 is 1.79 bits per heavy atom. The van der Waals surface area contributed by atoms with E-state index in [0.717, 1.165) is 38.6 Å². The minimum atomic E-state index is 0.734. The molecule has 3 heteroatoms. The average molecular weight is 222 g/mol. The zero-order valence-corrected chi connectivity index (χ0v) is 10.4. The number of unbranched alkanes of at least 4 members (excludes halogenated alkanes) is 1. The summed E-state index contributed by atoms with van der Waals surface area (Å²) >= 11 is 5.74. The van der Waals surface area contributed by atoms with Crippen molar-refractivity contribution >= 4 is 11.6 Å². The smallest absolute Gasteiger partial charge is 0.0478 e. The van der Waals surface area contributed by atoms with Crippen LogP contribution in [0.5, 0.6) is 0 Å². The van der Waals surface area contributed by atoms with Crippen molar-refractivity contribution in [2.75, 3.05) is 38.7 Å². The highest BCUT2D eigenvalue weighted by Gasteiger charge is 2.02. The van der Waals surface area contributed by atoms with E-state index in [1.807, 2.05) is 6.92 Å². The minimum Gasteiger partial charge on any atom is -0.382 e. The molecule has 2 nitrogen and oxygen atoms in total. The zero-order valence-electron chi connectivity index (χ0n) is 9.60. The lowest BCUT2D eigenvalue weighted by Gasteiger charge is -2.20. The molecule has 0 atom stereocenters. The lowest BCUT2D eigenvalue weighted by atomic mass is 10.3. The van der Waals surface area contributed by atoms with Crippen molar-refractivity contribution in [1.29, 1.82) is 0 Å². The fourth-order valence-electron chi connectivity index (χ4n) is 1.37. The van der Waals surface area contributed by atoms with Gasteiger partial charge in [-0.15, -0.1) is 11.6 Å². The highest BCUT2D eigenvalue weighted by Crippen LogP contribution is 1.98. The van der Waals surface area contributed by atoms with Crippen LogP contribution in [0.15, 0.2) is 0 Å². The molecule has 14 heavy (non-hydrogen) atoms. The van der Waals surface area contributed by atoms with Gasteiger partial charge in [0.15, 0.2) is 0 Å². The molecule has 0 saturated heterocycles. The second-order valence-corrected chi connectivity index (χ2v) is 3.81. The van der Waals surface area contributed by atoms with Crippen molar-refractivity contribution in [3.63, 3.8) is 0 Å². The van der Waals surface area contributed by atoms with Crippen LogP contribution in [0.25, 0.3) is 0 Å². The normalized spacial score (nSPS) is 11.1. The first-order valence-electron chi connectivity index (χ1n) is 5.71. The molecule has 0 radical (unpaired) electrons. The summed E-state index contributed by atoms with van der Waals surface area (Å²) in [5.41, 5.74) is 0. The number of nitrogens with zero attached hydrogens (tertiary/aromatic N) is 1. The molecule has 0 unspecified atom stereocenters. The fraction of sp³-hybridized carbons (Fsp3) is 1.00. The van der Waals surface area contributed by atoms with Crippen molar-refractivity contribution in [1.82, 2.24) is 4.90 Å². The SMILES string of the molecule is CCCCN(CCCl)CCCOCC. The zero-order chi connectivity index (χ0) is 10.6. The van der Waals surface area contributed by atoms with Gasteiger partial charge in [0, 0.05) is 32.2 Å². The average Bonchev–Trinajstić information content (AvgIpc) is 2.20. The van der Waals surface area contributed by atoms with E-state index in [-0.39, 0.29) is 0 Å². The lowest BCUT2D eigenvalue weighted by molar-refractivity contribution is 0.132. The Bertz CT molecular complexity index is 111. The Morgan fingerprint density at radius 1 is 1.07 bits per heavy atom. The van der Waals surface area contributed by atoms with Gasteiger partial charge in [-0.3, -0.25) is 0 Å². The number of hydrogen-bond acceptors (Lipinski definition) is 2. The highest BCUT2D eigenvalue weighted by atomic mass is 35.5. The summed E-state index contributed by atoms with van der Waals surface area (Å²) in [6.45, 7) is 9.26. The molecule has 0 amide bonds. The van der Waals surface area contributed by atoms with Gasteiger partial charge in [0.1, 0.15) is 0 Å². The largest absolute Gasteiger partial charge is 0.382 e. The highest BCUT2D eigenvalue weighted by molar-refractivity contribution is 6.18. The third-order valence-electron chi connectivity index (χ3n) is 2.20. The summed E-state index contributed by atoms with van der Waals surface area (Å²) < 4.78 is 5.31. The van der Waals surface area contributed by atoms with Crippen LogP contribution in [-0.4, -0.2) is 43.6 Å². The van der Waals surface area contributed by atoms with E-state index in [1.54, 1.807) is 0 Å². The van der Waals surface area contributed by atoms with Crippen LogP contribution >= 0.6 is 11.6 Å². The van der Waals surface area contributed by atoms with Gasteiger partial charge in [-0.05, 0) is 26.3 Å². The summed E-state index contributed by atoms with van der Waals surface area (Å²) in [4.78, 5) is 2.43. The third kappa shape index (κ3) is 8.79. The van der Waals surface area contributed by atoms with E-state index < -0.39 is 0 Å². The number of hydrogen-bond donors (Lipinski definition) is 0. The van der Waals surface area contributed by atoms with Gasteiger partial charge >= 0.3 is 0 Å². The molecule has 0 aromatic rings. The number of halogens is 1. The Morgan fingerprint density at radius 3 is 2.36 bits per heavy atom. The molecule has 0 N–H and O–H groups in total. The lowest BCUT2D eigenvalue weighted by Crippen LogP contribution is -2.28. The Hall–Kier alpha value is 0.210. The molecule has 0 heterocycles. The van der Waals surface area contributed by atoms with Gasteiger partial charge in [0.2, 0.25) is 0 Å². The second kappa shape index (κ2) is 11.3. The predicted octanol–water partition coefficient (Wildman–Crippen LogP) is 2.75. The molecule has 0 aromatic heterocycles. The van der Waals surface area contributed by atoms with Gasteiger partial charge in [0.05, 0.1) is 0 Å². The van der Waals surface area contributed by atoms with E-state index in [2.05, 4.69) is 11.8 Å². The fourth-order valence-corrected chi connectivity index (χ4v) is 1.61. The summed E-state index contributed by atoms with van der Waals surface area (Å²) in [5.74, 6) is 0.734. The van der Waals surface area contributed by atoms with E-state index in [9.17, 15) is 0 Å². The Kier molecular flexibility index (Phi) is 11.5. The first kappa shape index (κ1) is 14.2. The predicted molar refractivity (Wildman–Crippen MR) is 63.2 cm³/mol. The van der Waals surface area contributed by atoms with E-state index >= 15 is 0 Å². The number of alkyl halides is 1. The van der Waals surface area contributed by atoms with Crippen LogP contribution in [-0.2, 0) is 4.74 Å². The summed E-state index contributed by atoms with van der Waals surface area (Å²) in [5, 5.41) is 0. The van der Waals surface area contributed by atoms with Gasteiger partial charge in [-0.2, -0.15) is 0 Å². The van der Waals surface area contributed by atoms with Gasteiger partial charge in [0.25, 0.3) is 0 Å². The maximum Gasteiger partial charge on any atom is 0.0478 e. The van der Waals surface area contributed by atoms with Crippen LogP contribution in [0.4, 0.5) is 0 Å². The van der Waals surface area contributed by atoms with Crippen LogP contribution in [0.3, 0.4) is 0 Å². The van der Waals surface area contributed by atoms with Crippen LogP contribution in [0.1, 0.15) is 33.1 Å². The first-order chi connectivity index (χ1) is 6.85. The van der Waals surface area contributed by atoms with E-state index in [4.69, 9.17) is 16.3 Å². The van der Waals surface area contributed by atoms with E-state index in [1.165, 1.54) is 19.4 Å². The maximum absolute atomic E-state index is 5.74. The summed E-state index contributed by atoms with van der Waals surface area (Å²) in [6, 6.07) is 0. The molecule has 0 bridgehead atoms.